The second-order valence-electron chi connectivity index (χ2n) is 8.58. The van der Waals surface area contributed by atoms with Gasteiger partial charge in [-0.05, 0) is 36.1 Å². The number of aryl methyl sites for hydroxylation is 1. The number of aliphatic hydroxyl groups is 1. The minimum atomic E-state index is -4.88. The van der Waals surface area contributed by atoms with E-state index in [1.807, 2.05) is 13.8 Å². The zero-order valence-corrected chi connectivity index (χ0v) is 19.6. The van der Waals surface area contributed by atoms with E-state index in [2.05, 4.69) is 14.7 Å². The lowest BCUT2D eigenvalue weighted by molar-refractivity contribution is -0.274. The lowest BCUT2D eigenvalue weighted by Gasteiger charge is -2.24. The van der Waals surface area contributed by atoms with Crippen molar-refractivity contribution in [1.29, 1.82) is 0 Å². The van der Waals surface area contributed by atoms with Crippen molar-refractivity contribution >= 4 is 23.3 Å². The van der Waals surface area contributed by atoms with Crippen LogP contribution in [0.1, 0.15) is 48.2 Å². The number of carbonyl (C=O) groups excluding carboxylic acids is 2. The highest BCUT2D eigenvalue weighted by molar-refractivity contribution is 6.51. The molecule has 0 spiro atoms. The first kappa shape index (κ1) is 24.9. The average molecular weight is 497 g/mol. The number of amides is 1. The summed E-state index contributed by atoms with van der Waals surface area (Å²) in [6.45, 7) is 5.72. The Morgan fingerprint density at radius 2 is 1.64 bits per heavy atom. The van der Waals surface area contributed by atoms with E-state index in [9.17, 15) is 27.9 Å². The first-order chi connectivity index (χ1) is 17.0. The largest absolute Gasteiger partial charge is 0.573 e. The molecule has 1 saturated heterocycles. The quantitative estimate of drug-likeness (QED) is 0.287. The minimum Gasteiger partial charge on any atom is -0.507 e. The molecule has 186 valence electrons. The van der Waals surface area contributed by atoms with Gasteiger partial charge in [0.05, 0.1) is 29.7 Å². The van der Waals surface area contributed by atoms with E-state index in [0.717, 1.165) is 22.6 Å². The highest BCUT2D eigenvalue weighted by Gasteiger charge is 2.47. The van der Waals surface area contributed by atoms with E-state index >= 15 is 0 Å². The molecule has 1 atom stereocenters. The van der Waals surface area contributed by atoms with E-state index < -0.39 is 35.6 Å². The number of aromatic nitrogens is 2. The second-order valence-corrected chi connectivity index (χ2v) is 8.58. The number of aliphatic hydroxyl groups excluding tert-OH is 1. The SMILES string of the molecule is Cc1cnc(N2C(=O)C(=O)C(=C(O)c3ccc(C(C)C)cc3)C2c2ccc(OC(F)(F)F)cc2)cn1. The topological polar surface area (TPSA) is 92.6 Å². The van der Waals surface area contributed by atoms with E-state index in [1.165, 1.54) is 24.5 Å². The van der Waals surface area contributed by atoms with Gasteiger partial charge >= 0.3 is 12.3 Å². The summed E-state index contributed by atoms with van der Waals surface area (Å²) < 4.78 is 41.8. The Morgan fingerprint density at radius 1 is 1.00 bits per heavy atom. The molecule has 2 heterocycles. The molecule has 1 aliphatic rings. The molecule has 0 radical (unpaired) electrons. The van der Waals surface area contributed by atoms with Gasteiger partial charge < -0.3 is 9.84 Å². The van der Waals surface area contributed by atoms with Gasteiger partial charge in [0.25, 0.3) is 5.78 Å². The van der Waals surface area contributed by atoms with Crippen molar-refractivity contribution < 1.29 is 32.6 Å². The first-order valence-corrected chi connectivity index (χ1v) is 11.0. The molecule has 4 rings (SSSR count). The third-order valence-electron chi connectivity index (χ3n) is 5.74. The molecular weight excluding hydrogens is 475 g/mol. The maximum atomic E-state index is 13.2. The van der Waals surface area contributed by atoms with E-state index in [-0.39, 0.29) is 22.9 Å². The summed E-state index contributed by atoms with van der Waals surface area (Å²) in [4.78, 5) is 35.7. The van der Waals surface area contributed by atoms with Crippen molar-refractivity contribution in [3.8, 4) is 5.75 Å². The lowest BCUT2D eigenvalue weighted by atomic mass is 9.94. The van der Waals surface area contributed by atoms with Crippen LogP contribution in [0.5, 0.6) is 5.75 Å². The lowest BCUT2D eigenvalue weighted by Crippen LogP contribution is -2.30. The number of hydrogen-bond acceptors (Lipinski definition) is 6. The number of benzene rings is 2. The fourth-order valence-corrected chi connectivity index (χ4v) is 3.93. The number of ether oxygens (including phenoxy) is 1. The number of nitrogens with zero attached hydrogens (tertiary/aromatic N) is 3. The van der Waals surface area contributed by atoms with Crippen LogP contribution >= 0.6 is 0 Å². The number of alkyl halides is 3. The number of hydrogen-bond donors (Lipinski definition) is 1. The number of anilines is 1. The normalized spacial score (nSPS) is 17.6. The summed E-state index contributed by atoms with van der Waals surface area (Å²) in [5.74, 6) is -2.49. The van der Waals surface area contributed by atoms with Gasteiger partial charge in [-0.2, -0.15) is 0 Å². The maximum Gasteiger partial charge on any atom is 0.573 e. The molecular formula is C26H22F3N3O4. The van der Waals surface area contributed by atoms with Crippen molar-refractivity contribution in [1.82, 2.24) is 9.97 Å². The molecule has 3 aromatic rings. The number of carbonyl (C=O) groups is 2. The predicted octanol–water partition coefficient (Wildman–Crippen LogP) is 5.43. The van der Waals surface area contributed by atoms with Gasteiger partial charge in [0, 0.05) is 5.56 Å². The van der Waals surface area contributed by atoms with Crippen LogP contribution in [-0.2, 0) is 9.59 Å². The van der Waals surface area contributed by atoms with Crippen LogP contribution in [0, 0.1) is 6.92 Å². The zero-order chi connectivity index (χ0) is 26.2. The Labute approximate surface area is 204 Å². The molecule has 7 nitrogen and oxygen atoms in total. The summed E-state index contributed by atoms with van der Waals surface area (Å²) >= 11 is 0. The van der Waals surface area contributed by atoms with Gasteiger partial charge in [0.1, 0.15) is 11.5 Å². The average Bonchev–Trinajstić information content (AvgIpc) is 3.09. The second kappa shape index (κ2) is 9.44. The molecule has 1 aromatic heterocycles. The zero-order valence-electron chi connectivity index (χ0n) is 19.6. The minimum absolute atomic E-state index is 0.0533. The van der Waals surface area contributed by atoms with Gasteiger partial charge in [-0.3, -0.25) is 19.5 Å². The van der Waals surface area contributed by atoms with Crippen molar-refractivity contribution in [2.75, 3.05) is 4.90 Å². The van der Waals surface area contributed by atoms with Crippen molar-refractivity contribution in [2.45, 2.75) is 39.1 Å². The molecule has 2 aromatic carbocycles. The molecule has 0 saturated carbocycles. The summed E-state index contributed by atoms with van der Waals surface area (Å²) in [6.07, 6.45) is -2.15. The predicted molar refractivity (Wildman–Crippen MR) is 125 cm³/mol. The third-order valence-corrected chi connectivity index (χ3v) is 5.74. The number of rotatable bonds is 5. The van der Waals surface area contributed by atoms with Crippen molar-refractivity contribution in [3.63, 3.8) is 0 Å². The standard InChI is InChI=1S/C26H22F3N3O4/c1-14(2)16-4-6-18(7-5-16)23(33)21-22(17-8-10-19(11-9-17)36-26(27,28)29)32(25(35)24(21)34)20-13-30-15(3)12-31-20/h4-14,22,33H,1-3H3. The number of ketones is 1. The van der Waals surface area contributed by atoms with Crippen LogP contribution in [-0.4, -0.2) is 33.1 Å². The van der Waals surface area contributed by atoms with Crippen LogP contribution in [0.3, 0.4) is 0 Å². The summed E-state index contributed by atoms with van der Waals surface area (Å²) in [6, 6.07) is 10.5. The molecule has 0 aliphatic carbocycles. The van der Waals surface area contributed by atoms with E-state index in [0.29, 0.717) is 11.3 Å². The molecule has 1 unspecified atom stereocenters. The van der Waals surface area contributed by atoms with Gasteiger partial charge in [-0.15, -0.1) is 13.2 Å². The van der Waals surface area contributed by atoms with Gasteiger partial charge in [0.2, 0.25) is 0 Å². The monoisotopic (exact) mass is 497 g/mol. The van der Waals surface area contributed by atoms with Crippen LogP contribution < -0.4 is 9.64 Å². The van der Waals surface area contributed by atoms with Gasteiger partial charge in [-0.1, -0.05) is 50.2 Å². The Morgan fingerprint density at radius 3 is 2.17 bits per heavy atom. The third kappa shape index (κ3) is 4.93. The molecule has 0 bridgehead atoms. The highest BCUT2D eigenvalue weighted by Crippen LogP contribution is 2.42. The Hall–Kier alpha value is -4.21. The van der Waals surface area contributed by atoms with Crippen LogP contribution in [0.15, 0.2) is 66.5 Å². The Bertz CT molecular complexity index is 1320. The maximum absolute atomic E-state index is 13.2. The molecule has 1 amide bonds. The fraction of sp³-hybridized carbons (Fsp3) is 0.231. The molecule has 36 heavy (non-hydrogen) atoms. The highest BCUT2D eigenvalue weighted by atomic mass is 19.4. The molecule has 10 heteroatoms. The molecule has 1 aliphatic heterocycles. The molecule has 1 fully saturated rings. The summed E-state index contributed by atoms with van der Waals surface area (Å²) in [5.41, 5.74) is 1.95. The smallest absolute Gasteiger partial charge is 0.507 e. The fourth-order valence-electron chi connectivity index (χ4n) is 3.93. The van der Waals surface area contributed by atoms with Crippen LogP contribution in [0.2, 0.25) is 0 Å². The van der Waals surface area contributed by atoms with Crippen molar-refractivity contribution in [3.05, 3.63) is 88.9 Å². The van der Waals surface area contributed by atoms with Crippen LogP contribution in [0.4, 0.5) is 19.0 Å². The van der Waals surface area contributed by atoms with Gasteiger partial charge in [0.15, 0.2) is 5.82 Å². The first-order valence-electron chi connectivity index (χ1n) is 11.0. The van der Waals surface area contributed by atoms with Crippen LogP contribution in [0.25, 0.3) is 5.76 Å². The molecule has 1 N–H and O–H groups in total. The summed E-state index contributed by atoms with van der Waals surface area (Å²) in [7, 11) is 0. The van der Waals surface area contributed by atoms with E-state index in [1.54, 1.807) is 31.2 Å². The summed E-state index contributed by atoms with van der Waals surface area (Å²) in [5, 5.41) is 11.2. The van der Waals surface area contributed by atoms with Gasteiger partial charge in [-0.25, -0.2) is 4.98 Å². The number of halogens is 3. The Kier molecular flexibility index (Phi) is 6.53. The Balaban J connectivity index is 1.85. The van der Waals surface area contributed by atoms with E-state index in [4.69, 9.17) is 0 Å². The number of Topliss-reactive ketones (excluding diaryl/α,β-unsaturated/α-hetero) is 1. The van der Waals surface area contributed by atoms with Crippen molar-refractivity contribution in [2.24, 2.45) is 0 Å².